The van der Waals surface area contributed by atoms with Crippen molar-refractivity contribution in [3.05, 3.63) is 30.0 Å². The number of hydrogen-bond donors (Lipinski definition) is 1. The van der Waals surface area contributed by atoms with E-state index in [-0.39, 0.29) is 6.29 Å². The topological polar surface area (TPSA) is 43.5 Å². The Hall–Kier alpha value is -1.52. The maximum atomic E-state index is 5.50. The summed E-state index contributed by atoms with van der Waals surface area (Å²) in [7, 11) is 1.66. The maximum Gasteiger partial charge on any atom is 0.186 e. The van der Waals surface area contributed by atoms with Gasteiger partial charge in [0.05, 0.1) is 20.3 Å². The average molecular weight is 219 g/mol. The van der Waals surface area contributed by atoms with Gasteiger partial charge in [-0.15, -0.1) is 0 Å². The molecule has 0 radical (unpaired) electrons. The van der Waals surface area contributed by atoms with Crippen LogP contribution < -0.4 is 4.74 Å². The van der Waals surface area contributed by atoms with Crippen molar-refractivity contribution in [1.82, 2.24) is 4.98 Å². The number of fused-ring (bicyclic) bond motifs is 1. The van der Waals surface area contributed by atoms with Crippen LogP contribution in [0.5, 0.6) is 5.75 Å². The SMILES string of the molecule is COc1ccc2[nH]cc(C3OCCO3)c2c1. The molecular weight excluding hydrogens is 206 g/mol. The van der Waals surface area contributed by atoms with Gasteiger partial charge in [0, 0.05) is 22.7 Å². The fourth-order valence-corrected chi connectivity index (χ4v) is 1.98. The minimum absolute atomic E-state index is 0.249. The Balaban J connectivity index is 2.09. The summed E-state index contributed by atoms with van der Waals surface area (Å²) in [5.41, 5.74) is 2.10. The second-order valence-corrected chi connectivity index (χ2v) is 3.73. The van der Waals surface area contributed by atoms with Crippen LogP contribution in [0.3, 0.4) is 0 Å². The summed E-state index contributed by atoms with van der Waals surface area (Å²) in [6.07, 6.45) is 1.68. The highest BCUT2D eigenvalue weighted by Crippen LogP contribution is 2.31. The lowest BCUT2D eigenvalue weighted by atomic mass is 10.1. The van der Waals surface area contributed by atoms with E-state index in [1.54, 1.807) is 7.11 Å². The van der Waals surface area contributed by atoms with E-state index in [0.29, 0.717) is 13.2 Å². The molecule has 3 rings (SSSR count). The molecule has 1 N–H and O–H groups in total. The summed E-state index contributed by atoms with van der Waals surface area (Å²) in [6.45, 7) is 1.31. The summed E-state index contributed by atoms with van der Waals surface area (Å²) in [5.74, 6) is 0.839. The Morgan fingerprint density at radius 1 is 1.31 bits per heavy atom. The third-order valence-corrected chi connectivity index (χ3v) is 2.80. The Labute approximate surface area is 93.1 Å². The molecule has 0 atom stereocenters. The quantitative estimate of drug-likeness (QED) is 0.842. The fourth-order valence-electron chi connectivity index (χ4n) is 1.98. The van der Waals surface area contributed by atoms with Gasteiger partial charge in [-0.25, -0.2) is 0 Å². The fraction of sp³-hybridized carbons (Fsp3) is 0.333. The number of nitrogens with one attached hydrogen (secondary N) is 1. The van der Waals surface area contributed by atoms with E-state index in [2.05, 4.69) is 4.98 Å². The Kier molecular flexibility index (Phi) is 2.31. The molecular formula is C12H13NO3. The highest BCUT2D eigenvalue weighted by Gasteiger charge is 2.21. The molecule has 84 valence electrons. The summed E-state index contributed by atoms with van der Waals surface area (Å²) in [6, 6.07) is 5.91. The van der Waals surface area contributed by atoms with Gasteiger partial charge >= 0.3 is 0 Å². The van der Waals surface area contributed by atoms with Crippen LogP contribution in [0.4, 0.5) is 0 Å². The van der Waals surface area contributed by atoms with Crippen molar-refractivity contribution in [3.8, 4) is 5.75 Å². The van der Waals surface area contributed by atoms with Crippen molar-refractivity contribution in [2.75, 3.05) is 20.3 Å². The van der Waals surface area contributed by atoms with Crippen molar-refractivity contribution in [1.29, 1.82) is 0 Å². The van der Waals surface area contributed by atoms with Gasteiger partial charge in [0.15, 0.2) is 6.29 Å². The normalized spacial score (nSPS) is 17.1. The van der Waals surface area contributed by atoms with Crippen LogP contribution in [0.1, 0.15) is 11.9 Å². The highest BCUT2D eigenvalue weighted by molar-refractivity contribution is 5.84. The zero-order valence-corrected chi connectivity index (χ0v) is 9.03. The summed E-state index contributed by atoms with van der Waals surface area (Å²) < 4.78 is 16.2. The van der Waals surface area contributed by atoms with Crippen LogP contribution in [0.2, 0.25) is 0 Å². The number of rotatable bonds is 2. The molecule has 1 aromatic heterocycles. The van der Waals surface area contributed by atoms with Gasteiger partial charge in [-0.05, 0) is 18.2 Å². The van der Waals surface area contributed by atoms with Crippen LogP contribution in [-0.2, 0) is 9.47 Å². The van der Waals surface area contributed by atoms with Crippen molar-refractivity contribution in [3.63, 3.8) is 0 Å². The van der Waals surface area contributed by atoms with Crippen LogP contribution in [-0.4, -0.2) is 25.3 Å². The number of aromatic nitrogens is 1. The Morgan fingerprint density at radius 2 is 2.12 bits per heavy atom. The molecule has 1 aliphatic rings. The van der Waals surface area contributed by atoms with E-state index in [1.807, 2.05) is 24.4 Å². The zero-order chi connectivity index (χ0) is 11.0. The standard InChI is InChI=1S/C12H13NO3/c1-14-8-2-3-11-9(6-8)10(7-13-11)12-15-4-5-16-12/h2-3,6-7,12-13H,4-5H2,1H3. The van der Waals surface area contributed by atoms with Crippen molar-refractivity contribution >= 4 is 10.9 Å². The monoisotopic (exact) mass is 219 g/mol. The molecule has 0 unspecified atom stereocenters. The van der Waals surface area contributed by atoms with Crippen LogP contribution in [0.25, 0.3) is 10.9 Å². The third kappa shape index (κ3) is 1.47. The van der Waals surface area contributed by atoms with E-state index in [9.17, 15) is 0 Å². The summed E-state index contributed by atoms with van der Waals surface area (Å²) in [5, 5.41) is 1.09. The molecule has 2 aromatic rings. The molecule has 16 heavy (non-hydrogen) atoms. The highest BCUT2D eigenvalue weighted by atomic mass is 16.7. The number of methoxy groups -OCH3 is 1. The largest absolute Gasteiger partial charge is 0.497 e. The smallest absolute Gasteiger partial charge is 0.186 e. The predicted octanol–water partition coefficient (Wildman–Crippen LogP) is 2.22. The zero-order valence-electron chi connectivity index (χ0n) is 9.03. The first kappa shape index (κ1) is 9.69. The molecule has 0 bridgehead atoms. The second-order valence-electron chi connectivity index (χ2n) is 3.73. The van der Waals surface area contributed by atoms with Crippen molar-refractivity contribution < 1.29 is 14.2 Å². The van der Waals surface area contributed by atoms with E-state index >= 15 is 0 Å². The molecule has 0 saturated carbocycles. The lowest BCUT2D eigenvalue weighted by Gasteiger charge is -2.07. The molecule has 1 fully saturated rings. The van der Waals surface area contributed by atoms with Gasteiger partial charge in [-0.3, -0.25) is 0 Å². The minimum Gasteiger partial charge on any atom is -0.497 e. The second kappa shape index (κ2) is 3.81. The van der Waals surface area contributed by atoms with Gasteiger partial charge in [-0.2, -0.15) is 0 Å². The van der Waals surface area contributed by atoms with E-state index in [0.717, 1.165) is 22.2 Å². The van der Waals surface area contributed by atoms with Gasteiger partial charge in [0.2, 0.25) is 0 Å². The third-order valence-electron chi connectivity index (χ3n) is 2.80. The Bertz CT molecular complexity index is 500. The van der Waals surface area contributed by atoms with Gasteiger partial charge < -0.3 is 19.2 Å². The first-order chi connectivity index (χ1) is 7.88. The van der Waals surface area contributed by atoms with Crippen LogP contribution in [0.15, 0.2) is 24.4 Å². The lowest BCUT2D eigenvalue weighted by Crippen LogP contribution is -1.96. The van der Waals surface area contributed by atoms with Gasteiger partial charge in [0.1, 0.15) is 5.75 Å². The van der Waals surface area contributed by atoms with E-state index in [1.165, 1.54) is 0 Å². The van der Waals surface area contributed by atoms with Crippen molar-refractivity contribution in [2.24, 2.45) is 0 Å². The molecule has 2 heterocycles. The molecule has 4 nitrogen and oxygen atoms in total. The Morgan fingerprint density at radius 3 is 2.88 bits per heavy atom. The molecule has 4 heteroatoms. The first-order valence-corrected chi connectivity index (χ1v) is 5.27. The summed E-state index contributed by atoms with van der Waals surface area (Å²) in [4.78, 5) is 3.20. The van der Waals surface area contributed by atoms with E-state index in [4.69, 9.17) is 14.2 Å². The lowest BCUT2D eigenvalue weighted by molar-refractivity contribution is -0.0429. The molecule has 1 aliphatic heterocycles. The minimum atomic E-state index is -0.249. The number of ether oxygens (including phenoxy) is 3. The number of H-pyrrole nitrogens is 1. The molecule has 0 amide bonds. The number of hydrogen-bond acceptors (Lipinski definition) is 3. The number of aromatic amines is 1. The van der Waals surface area contributed by atoms with Gasteiger partial charge in [0.25, 0.3) is 0 Å². The molecule has 1 saturated heterocycles. The predicted molar refractivity (Wildman–Crippen MR) is 59.5 cm³/mol. The number of benzene rings is 1. The van der Waals surface area contributed by atoms with Crippen LogP contribution in [0, 0.1) is 0 Å². The molecule has 1 aromatic carbocycles. The van der Waals surface area contributed by atoms with Crippen LogP contribution >= 0.6 is 0 Å². The first-order valence-electron chi connectivity index (χ1n) is 5.27. The summed E-state index contributed by atoms with van der Waals surface area (Å²) >= 11 is 0. The molecule has 0 spiro atoms. The van der Waals surface area contributed by atoms with Crippen molar-refractivity contribution in [2.45, 2.75) is 6.29 Å². The maximum absolute atomic E-state index is 5.50. The van der Waals surface area contributed by atoms with E-state index < -0.39 is 0 Å². The molecule has 0 aliphatic carbocycles. The average Bonchev–Trinajstić information content (AvgIpc) is 2.96. The van der Waals surface area contributed by atoms with Gasteiger partial charge in [-0.1, -0.05) is 0 Å².